The molecule has 0 saturated heterocycles. The van der Waals surface area contributed by atoms with Crippen molar-refractivity contribution in [1.29, 1.82) is 0 Å². The normalized spacial score (nSPS) is 10.3. The van der Waals surface area contributed by atoms with Crippen LogP contribution in [0.3, 0.4) is 0 Å². The Balaban J connectivity index is 2.13. The van der Waals surface area contributed by atoms with Gasteiger partial charge in [-0.2, -0.15) is 0 Å². The number of hydrogen-bond acceptors (Lipinski definition) is 4. The summed E-state index contributed by atoms with van der Waals surface area (Å²) in [6.07, 6.45) is 0.985. The maximum Gasteiger partial charge on any atom is 0.267 e. The first-order valence-corrected chi connectivity index (χ1v) is 6.55. The zero-order chi connectivity index (χ0) is 13.1. The maximum atomic E-state index is 12.0. The summed E-state index contributed by atoms with van der Waals surface area (Å²) in [5.41, 5.74) is 8.27. The molecule has 5 heteroatoms. The average Bonchev–Trinajstić information content (AvgIpc) is 2.69. The van der Waals surface area contributed by atoms with Crippen LogP contribution in [0.25, 0.3) is 0 Å². The van der Waals surface area contributed by atoms with E-state index in [9.17, 15) is 4.79 Å². The van der Waals surface area contributed by atoms with Crippen LogP contribution in [-0.4, -0.2) is 10.9 Å². The van der Waals surface area contributed by atoms with Gasteiger partial charge < -0.3 is 11.1 Å². The number of aryl methyl sites for hydroxylation is 2. The molecule has 0 fully saturated rings. The molecule has 4 nitrogen and oxygen atoms in total. The summed E-state index contributed by atoms with van der Waals surface area (Å²) in [4.78, 5) is 16.6. The van der Waals surface area contributed by atoms with Crippen LogP contribution in [0.4, 0.5) is 10.8 Å². The first kappa shape index (κ1) is 12.6. The number of nitrogens with one attached hydrogen (secondary N) is 1. The van der Waals surface area contributed by atoms with Crippen LogP contribution < -0.4 is 11.1 Å². The molecule has 2 aromatic rings. The van der Waals surface area contributed by atoms with E-state index in [0.29, 0.717) is 15.7 Å². The Morgan fingerprint density at radius 3 is 2.56 bits per heavy atom. The lowest BCUT2D eigenvalue weighted by atomic mass is 10.1. The van der Waals surface area contributed by atoms with E-state index in [2.05, 4.69) is 17.2 Å². The molecule has 1 aromatic heterocycles. The number of carbonyl (C=O) groups is 1. The van der Waals surface area contributed by atoms with Crippen molar-refractivity contribution in [3.05, 3.63) is 40.4 Å². The minimum atomic E-state index is -0.161. The van der Waals surface area contributed by atoms with Crippen LogP contribution in [0, 0.1) is 6.92 Å². The largest absolute Gasteiger partial charge is 0.375 e. The Morgan fingerprint density at radius 2 is 2.06 bits per heavy atom. The predicted octanol–water partition coefficient (Wildman–Crippen LogP) is 2.85. The number of rotatable bonds is 3. The van der Waals surface area contributed by atoms with Gasteiger partial charge in [-0.3, -0.25) is 4.79 Å². The third kappa shape index (κ3) is 2.68. The monoisotopic (exact) mass is 261 g/mol. The molecule has 0 bridgehead atoms. The standard InChI is InChI=1S/C13H15N3OS/c1-3-9-4-6-10(7-5-9)16-12(17)11-8(2)15-13(14)18-11/h4-7H,3H2,1-2H3,(H2,14,15)(H,16,17). The summed E-state index contributed by atoms with van der Waals surface area (Å²) in [5, 5.41) is 3.26. The summed E-state index contributed by atoms with van der Waals surface area (Å²) in [5.74, 6) is -0.161. The number of nitrogen functional groups attached to an aromatic ring is 1. The Morgan fingerprint density at radius 1 is 1.39 bits per heavy atom. The molecule has 0 atom stereocenters. The maximum absolute atomic E-state index is 12.0. The lowest BCUT2D eigenvalue weighted by Gasteiger charge is -2.04. The van der Waals surface area contributed by atoms with Crippen LogP contribution in [0.1, 0.15) is 27.9 Å². The molecule has 0 spiro atoms. The molecule has 3 N–H and O–H groups in total. The summed E-state index contributed by atoms with van der Waals surface area (Å²) < 4.78 is 0. The van der Waals surface area contributed by atoms with Crippen molar-refractivity contribution in [2.45, 2.75) is 20.3 Å². The fraction of sp³-hybridized carbons (Fsp3) is 0.231. The average molecular weight is 261 g/mol. The zero-order valence-corrected chi connectivity index (χ0v) is 11.2. The molecule has 0 aliphatic heterocycles. The van der Waals surface area contributed by atoms with Gasteiger partial charge in [0, 0.05) is 5.69 Å². The molecule has 18 heavy (non-hydrogen) atoms. The number of nitrogens with two attached hydrogens (primary N) is 1. The van der Waals surface area contributed by atoms with E-state index in [1.807, 2.05) is 24.3 Å². The molecule has 1 aromatic carbocycles. The number of carbonyl (C=O) groups excluding carboxylic acids is 1. The fourth-order valence-electron chi connectivity index (χ4n) is 1.64. The van der Waals surface area contributed by atoms with Crippen molar-refractivity contribution in [3.8, 4) is 0 Å². The van der Waals surface area contributed by atoms with Crippen molar-refractivity contribution < 1.29 is 4.79 Å². The second-order valence-corrected chi connectivity index (χ2v) is 5.00. The molecule has 0 unspecified atom stereocenters. The van der Waals surface area contributed by atoms with Crippen LogP contribution in [-0.2, 0) is 6.42 Å². The smallest absolute Gasteiger partial charge is 0.267 e. The molecule has 94 valence electrons. The van der Waals surface area contributed by atoms with E-state index < -0.39 is 0 Å². The van der Waals surface area contributed by atoms with Crippen molar-refractivity contribution >= 4 is 28.1 Å². The minimum Gasteiger partial charge on any atom is -0.375 e. The first-order valence-electron chi connectivity index (χ1n) is 5.73. The van der Waals surface area contributed by atoms with E-state index in [-0.39, 0.29) is 5.91 Å². The molecular weight excluding hydrogens is 246 g/mol. The highest BCUT2D eigenvalue weighted by atomic mass is 32.1. The van der Waals surface area contributed by atoms with E-state index in [1.165, 1.54) is 16.9 Å². The van der Waals surface area contributed by atoms with Gasteiger partial charge in [-0.05, 0) is 31.0 Å². The number of hydrogen-bond donors (Lipinski definition) is 2. The van der Waals surface area contributed by atoms with Gasteiger partial charge in [0.25, 0.3) is 5.91 Å². The van der Waals surface area contributed by atoms with Crippen LogP contribution in [0.2, 0.25) is 0 Å². The van der Waals surface area contributed by atoms with Gasteiger partial charge in [-0.1, -0.05) is 30.4 Å². The van der Waals surface area contributed by atoms with Gasteiger partial charge in [-0.25, -0.2) is 4.98 Å². The number of anilines is 2. The van der Waals surface area contributed by atoms with Crippen molar-refractivity contribution in [3.63, 3.8) is 0 Å². The number of thiazole rings is 1. The topological polar surface area (TPSA) is 68.0 Å². The fourth-order valence-corrected chi connectivity index (χ4v) is 2.37. The predicted molar refractivity (Wildman–Crippen MR) is 75.0 cm³/mol. The Labute approximate surface area is 110 Å². The molecule has 0 radical (unpaired) electrons. The lowest BCUT2D eigenvalue weighted by Crippen LogP contribution is -2.11. The third-order valence-electron chi connectivity index (χ3n) is 2.64. The zero-order valence-electron chi connectivity index (χ0n) is 10.4. The summed E-state index contributed by atoms with van der Waals surface area (Å²) in [6.45, 7) is 3.87. The number of amides is 1. The Bertz CT molecular complexity index is 560. The molecule has 2 rings (SSSR count). The summed E-state index contributed by atoms with van der Waals surface area (Å²) >= 11 is 1.20. The van der Waals surface area contributed by atoms with E-state index in [1.54, 1.807) is 6.92 Å². The van der Waals surface area contributed by atoms with Crippen molar-refractivity contribution in [2.75, 3.05) is 11.1 Å². The van der Waals surface area contributed by atoms with E-state index in [4.69, 9.17) is 5.73 Å². The highest BCUT2D eigenvalue weighted by molar-refractivity contribution is 7.17. The summed E-state index contributed by atoms with van der Waals surface area (Å²) in [6, 6.07) is 7.81. The molecule has 0 saturated carbocycles. The molecule has 1 heterocycles. The van der Waals surface area contributed by atoms with Crippen molar-refractivity contribution in [2.24, 2.45) is 0 Å². The van der Waals surface area contributed by atoms with Gasteiger partial charge >= 0.3 is 0 Å². The SMILES string of the molecule is CCc1ccc(NC(=O)c2sc(N)nc2C)cc1. The molecule has 1 amide bonds. The number of nitrogens with zero attached hydrogens (tertiary/aromatic N) is 1. The van der Waals surface area contributed by atoms with Crippen LogP contribution in [0.5, 0.6) is 0 Å². The highest BCUT2D eigenvalue weighted by Crippen LogP contribution is 2.21. The second kappa shape index (κ2) is 5.18. The van der Waals surface area contributed by atoms with E-state index in [0.717, 1.165) is 12.1 Å². The van der Waals surface area contributed by atoms with Gasteiger partial charge in [0.2, 0.25) is 0 Å². The minimum absolute atomic E-state index is 0.161. The Kier molecular flexibility index (Phi) is 3.62. The quantitative estimate of drug-likeness (QED) is 0.892. The Hall–Kier alpha value is -1.88. The molecular formula is C13H15N3OS. The van der Waals surface area contributed by atoms with Gasteiger partial charge in [0.1, 0.15) is 4.88 Å². The molecule has 0 aliphatic rings. The van der Waals surface area contributed by atoms with Crippen LogP contribution >= 0.6 is 11.3 Å². The van der Waals surface area contributed by atoms with Gasteiger partial charge in [0.15, 0.2) is 5.13 Å². The van der Waals surface area contributed by atoms with Gasteiger partial charge in [0.05, 0.1) is 5.69 Å². The number of benzene rings is 1. The molecule has 0 aliphatic carbocycles. The van der Waals surface area contributed by atoms with E-state index >= 15 is 0 Å². The van der Waals surface area contributed by atoms with Crippen LogP contribution in [0.15, 0.2) is 24.3 Å². The van der Waals surface area contributed by atoms with Gasteiger partial charge in [-0.15, -0.1) is 0 Å². The summed E-state index contributed by atoms with van der Waals surface area (Å²) in [7, 11) is 0. The number of aromatic nitrogens is 1. The highest BCUT2D eigenvalue weighted by Gasteiger charge is 2.14. The second-order valence-electron chi connectivity index (χ2n) is 3.97. The lowest BCUT2D eigenvalue weighted by molar-refractivity contribution is 0.103. The van der Waals surface area contributed by atoms with Crippen molar-refractivity contribution in [1.82, 2.24) is 4.98 Å². The first-order chi connectivity index (χ1) is 8.60. The third-order valence-corrected chi connectivity index (χ3v) is 3.62.